The first-order valence-electron chi connectivity index (χ1n) is 8.95. The summed E-state index contributed by atoms with van der Waals surface area (Å²) in [5.74, 6) is 0.347. The molecule has 0 unspecified atom stereocenters. The number of carbonyl (C=O) groups is 2. The van der Waals surface area contributed by atoms with Crippen LogP contribution in [-0.4, -0.2) is 18.7 Å². The lowest BCUT2D eigenvalue weighted by atomic mass is 9.84. The monoisotopic (exact) mass is 370 g/mol. The maximum absolute atomic E-state index is 12.2. The molecule has 144 valence electrons. The summed E-state index contributed by atoms with van der Waals surface area (Å²) < 4.78 is 15.7. The number of hydrogen-bond donors (Lipinski definition) is 0. The summed E-state index contributed by atoms with van der Waals surface area (Å²) >= 11 is 0. The van der Waals surface area contributed by atoms with Crippen LogP contribution in [0.1, 0.15) is 44.4 Å². The first kappa shape index (κ1) is 20.5. The van der Waals surface area contributed by atoms with Crippen LogP contribution in [0.5, 0.6) is 11.5 Å². The van der Waals surface area contributed by atoms with E-state index in [1.165, 1.54) is 0 Å². The van der Waals surface area contributed by atoms with Gasteiger partial charge in [0.05, 0.1) is 13.0 Å². The second-order valence-corrected chi connectivity index (χ2v) is 7.28. The molecule has 2 aromatic carbocycles. The van der Waals surface area contributed by atoms with Crippen molar-refractivity contribution >= 4 is 12.1 Å². The summed E-state index contributed by atoms with van der Waals surface area (Å²) in [4.78, 5) is 24.2. The Hall–Kier alpha value is -2.82. The smallest absolute Gasteiger partial charge is 0.466 e. The first-order valence-corrected chi connectivity index (χ1v) is 8.95. The molecule has 0 saturated heterocycles. The van der Waals surface area contributed by atoms with Crippen molar-refractivity contribution in [3.8, 4) is 11.5 Å². The number of carbonyl (C=O) groups excluding carboxylic acids is 2. The van der Waals surface area contributed by atoms with Crippen molar-refractivity contribution < 1.29 is 23.8 Å². The molecule has 0 radical (unpaired) electrons. The van der Waals surface area contributed by atoms with Gasteiger partial charge >= 0.3 is 12.1 Å². The normalized spacial score (nSPS) is 11.0. The van der Waals surface area contributed by atoms with Gasteiger partial charge in [-0.25, -0.2) is 4.79 Å². The van der Waals surface area contributed by atoms with Crippen molar-refractivity contribution in [3.63, 3.8) is 0 Å². The molecular formula is C22H26O5. The molecule has 5 heteroatoms. The number of esters is 1. The van der Waals surface area contributed by atoms with Crippen molar-refractivity contribution in [3.05, 3.63) is 59.2 Å². The van der Waals surface area contributed by atoms with Gasteiger partial charge < -0.3 is 14.2 Å². The molecule has 0 saturated carbocycles. The molecular weight excluding hydrogens is 344 g/mol. The van der Waals surface area contributed by atoms with Crippen molar-refractivity contribution in [2.75, 3.05) is 6.61 Å². The van der Waals surface area contributed by atoms with E-state index in [-0.39, 0.29) is 17.8 Å². The number of hydrogen-bond acceptors (Lipinski definition) is 5. The van der Waals surface area contributed by atoms with Gasteiger partial charge in [-0.05, 0) is 42.5 Å². The largest absolute Gasteiger partial charge is 0.519 e. The van der Waals surface area contributed by atoms with Gasteiger partial charge in [0.25, 0.3) is 0 Å². The van der Waals surface area contributed by atoms with Crippen LogP contribution in [0.15, 0.2) is 42.5 Å². The number of benzene rings is 2. The zero-order valence-corrected chi connectivity index (χ0v) is 16.5. The Morgan fingerprint density at radius 2 is 1.67 bits per heavy atom. The quantitative estimate of drug-likeness (QED) is 0.549. The summed E-state index contributed by atoms with van der Waals surface area (Å²) in [6.07, 6.45) is -0.829. The molecule has 0 aromatic heterocycles. The summed E-state index contributed by atoms with van der Waals surface area (Å²) in [6.45, 7) is 10.1. The Kier molecular flexibility index (Phi) is 6.61. The Morgan fingerprint density at radius 3 is 2.26 bits per heavy atom. The topological polar surface area (TPSA) is 61.8 Å². The predicted octanol–water partition coefficient (Wildman–Crippen LogP) is 4.98. The third-order valence-corrected chi connectivity index (χ3v) is 3.99. The third kappa shape index (κ3) is 5.84. The van der Waals surface area contributed by atoms with E-state index in [9.17, 15) is 9.59 Å². The molecule has 27 heavy (non-hydrogen) atoms. The summed E-state index contributed by atoms with van der Waals surface area (Å²) in [5, 5.41) is 0. The highest BCUT2D eigenvalue weighted by molar-refractivity contribution is 5.75. The van der Waals surface area contributed by atoms with Crippen LogP contribution >= 0.6 is 0 Å². The minimum absolute atomic E-state index is 0.0204. The third-order valence-electron chi connectivity index (χ3n) is 3.99. The van der Waals surface area contributed by atoms with Crippen LogP contribution in [0.4, 0.5) is 4.79 Å². The van der Waals surface area contributed by atoms with E-state index in [2.05, 4.69) is 20.8 Å². The number of rotatable bonds is 5. The summed E-state index contributed by atoms with van der Waals surface area (Å²) in [6, 6.07) is 12.5. The first-order chi connectivity index (χ1) is 12.7. The molecule has 0 N–H and O–H groups in total. The van der Waals surface area contributed by atoms with E-state index in [4.69, 9.17) is 14.2 Å². The molecule has 0 amide bonds. The zero-order valence-electron chi connectivity index (χ0n) is 16.5. The van der Waals surface area contributed by atoms with Gasteiger partial charge in [0.1, 0.15) is 11.5 Å². The fourth-order valence-corrected chi connectivity index (χ4v) is 2.61. The molecule has 2 aromatic rings. The van der Waals surface area contributed by atoms with Crippen molar-refractivity contribution in [1.82, 2.24) is 0 Å². The van der Waals surface area contributed by atoms with Crippen LogP contribution in [0.25, 0.3) is 0 Å². The highest BCUT2D eigenvalue weighted by Crippen LogP contribution is 2.32. The standard InChI is InChI=1S/C22H26O5/c1-6-25-19(23)14-16-13-17(22(3,4)5)12-15(2)20(16)27-21(24)26-18-10-8-7-9-11-18/h7-13H,6,14H2,1-5H3. The van der Waals surface area contributed by atoms with Crippen LogP contribution in [0.3, 0.4) is 0 Å². The van der Waals surface area contributed by atoms with Gasteiger partial charge in [-0.3, -0.25) is 4.79 Å². The lowest BCUT2D eigenvalue weighted by Gasteiger charge is -2.22. The Bertz CT molecular complexity index is 803. The fourth-order valence-electron chi connectivity index (χ4n) is 2.61. The molecule has 0 aliphatic carbocycles. The maximum Gasteiger partial charge on any atom is 0.519 e. The van der Waals surface area contributed by atoms with E-state index in [0.717, 1.165) is 11.1 Å². The second kappa shape index (κ2) is 8.71. The lowest BCUT2D eigenvalue weighted by Crippen LogP contribution is -2.19. The highest BCUT2D eigenvalue weighted by atomic mass is 16.7. The van der Waals surface area contributed by atoms with E-state index < -0.39 is 6.16 Å². The maximum atomic E-state index is 12.2. The lowest BCUT2D eigenvalue weighted by molar-refractivity contribution is -0.142. The molecule has 0 aliphatic rings. The molecule has 0 fully saturated rings. The zero-order chi connectivity index (χ0) is 20.0. The van der Waals surface area contributed by atoms with Crippen molar-refractivity contribution in [2.24, 2.45) is 0 Å². The Morgan fingerprint density at radius 1 is 1.00 bits per heavy atom. The SMILES string of the molecule is CCOC(=O)Cc1cc(C(C)(C)C)cc(C)c1OC(=O)Oc1ccccc1. The van der Waals surface area contributed by atoms with Gasteiger partial charge in [0, 0.05) is 5.56 Å². The molecule has 0 spiro atoms. The van der Waals surface area contributed by atoms with E-state index in [0.29, 0.717) is 23.7 Å². The minimum atomic E-state index is -0.849. The Labute approximate surface area is 160 Å². The van der Waals surface area contributed by atoms with Gasteiger partial charge in [-0.15, -0.1) is 0 Å². The average Bonchev–Trinajstić information content (AvgIpc) is 2.58. The van der Waals surface area contributed by atoms with Gasteiger partial charge in [-0.2, -0.15) is 0 Å². The number of para-hydroxylation sites is 1. The van der Waals surface area contributed by atoms with Gasteiger partial charge in [-0.1, -0.05) is 51.1 Å². The number of aryl methyl sites for hydroxylation is 1. The average molecular weight is 370 g/mol. The predicted molar refractivity (Wildman–Crippen MR) is 103 cm³/mol. The summed E-state index contributed by atoms with van der Waals surface area (Å²) in [7, 11) is 0. The van der Waals surface area contributed by atoms with E-state index in [1.54, 1.807) is 31.2 Å². The van der Waals surface area contributed by atoms with Crippen molar-refractivity contribution in [2.45, 2.75) is 46.5 Å². The van der Waals surface area contributed by atoms with Crippen molar-refractivity contribution in [1.29, 1.82) is 0 Å². The molecule has 5 nitrogen and oxygen atoms in total. The minimum Gasteiger partial charge on any atom is -0.466 e. The van der Waals surface area contributed by atoms with Crippen LogP contribution in [0, 0.1) is 6.92 Å². The second-order valence-electron chi connectivity index (χ2n) is 7.28. The Balaban J connectivity index is 2.32. The van der Waals surface area contributed by atoms with Gasteiger partial charge in [0.2, 0.25) is 0 Å². The van der Waals surface area contributed by atoms with E-state index >= 15 is 0 Å². The van der Waals surface area contributed by atoms with Gasteiger partial charge in [0.15, 0.2) is 0 Å². The fraction of sp³-hybridized carbons (Fsp3) is 0.364. The summed E-state index contributed by atoms with van der Waals surface area (Å²) in [5.41, 5.74) is 2.29. The number of ether oxygens (including phenoxy) is 3. The molecule has 0 aliphatic heterocycles. The molecule has 2 rings (SSSR count). The molecule has 0 heterocycles. The van der Waals surface area contributed by atoms with E-state index in [1.807, 2.05) is 25.1 Å². The van der Waals surface area contributed by atoms with Crippen LogP contribution < -0.4 is 9.47 Å². The highest BCUT2D eigenvalue weighted by Gasteiger charge is 2.22. The van der Waals surface area contributed by atoms with Crippen LogP contribution in [-0.2, 0) is 21.4 Å². The van der Waals surface area contributed by atoms with Crippen LogP contribution in [0.2, 0.25) is 0 Å². The molecule has 0 atom stereocenters. The molecule has 0 bridgehead atoms.